The van der Waals surface area contributed by atoms with Gasteiger partial charge in [-0.05, 0) is 43.2 Å². The first-order valence-electron chi connectivity index (χ1n) is 9.84. The molecule has 2 aromatic carbocycles. The first-order chi connectivity index (χ1) is 14.5. The standard InChI is InChI=1S/C23H25N3O4/c1-4-29-23(28)20-14-24-26(18-10-6-5-7-11-18)21(20)25-22(27)17-9-8-12-19(13-17)30-15-16(2)3/h5-14,16H,4,15H2,1-3H3,(H,25,27). The summed E-state index contributed by atoms with van der Waals surface area (Å²) in [6.45, 7) is 6.60. The Morgan fingerprint density at radius 3 is 2.57 bits per heavy atom. The van der Waals surface area contributed by atoms with Gasteiger partial charge in [-0.1, -0.05) is 38.1 Å². The summed E-state index contributed by atoms with van der Waals surface area (Å²) < 4.78 is 12.3. The van der Waals surface area contributed by atoms with Crippen LogP contribution in [0.2, 0.25) is 0 Å². The first-order valence-corrected chi connectivity index (χ1v) is 9.84. The SMILES string of the molecule is CCOC(=O)c1cnn(-c2ccccc2)c1NC(=O)c1cccc(OCC(C)C)c1. The molecular formula is C23H25N3O4. The van der Waals surface area contributed by atoms with E-state index in [-0.39, 0.29) is 23.9 Å². The quantitative estimate of drug-likeness (QED) is 0.562. The highest BCUT2D eigenvalue weighted by atomic mass is 16.5. The Kier molecular flexibility index (Phi) is 6.85. The molecule has 1 amide bonds. The molecule has 1 N–H and O–H groups in total. The fourth-order valence-corrected chi connectivity index (χ4v) is 2.76. The van der Waals surface area contributed by atoms with Gasteiger partial charge in [0.2, 0.25) is 0 Å². The Morgan fingerprint density at radius 2 is 1.87 bits per heavy atom. The van der Waals surface area contributed by atoms with Gasteiger partial charge >= 0.3 is 5.97 Å². The van der Waals surface area contributed by atoms with E-state index >= 15 is 0 Å². The van der Waals surface area contributed by atoms with Gasteiger partial charge in [-0.15, -0.1) is 0 Å². The zero-order chi connectivity index (χ0) is 21.5. The van der Waals surface area contributed by atoms with Crippen molar-refractivity contribution in [3.63, 3.8) is 0 Å². The highest BCUT2D eigenvalue weighted by Gasteiger charge is 2.22. The number of amides is 1. The average molecular weight is 407 g/mol. The summed E-state index contributed by atoms with van der Waals surface area (Å²) >= 11 is 0. The van der Waals surface area contributed by atoms with Crippen molar-refractivity contribution in [1.29, 1.82) is 0 Å². The minimum Gasteiger partial charge on any atom is -0.493 e. The number of esters is 1. The number of hydrogen-bond donors (Lipinski definition) is 1. The lowest BCUT2D eigenvalue weighted by Crippen LogP contribution is -2.18. The Labute approximate surface area is 175 Å². The van der Waals surface area contributed by atoms with Gasteiger partial charge in [0.1, 0.15) is 11.3 Å². The van der Waals surface area contributed by atoms with Crippen LogP contribution in [-0.4, -0.2) is 34.9 Å². The molecular weight excluding hydrogens is 382 g/mol. The van der Waals surface area contributed by atoms with Gasteiger partial charge in [-0.2, -0.15) is 5.10 Å². The second-order valence-electron chi connectivity index (χ2n) is 7.06. The van der Waals surface area contributed by atoms with Crippen molar-refractivity contribution in [2.75, 3.05) is 18.5 Å². The topological polar surface area (TPSA) is 82.5 Å². The van der Waals surface area contributed by atoms with E-state index in [0.29, 0.717) is 29.5 Å². The molecule has 0 unspecified atom stereocenters. The highest BCUT2D eigenvalue weighted by Crippen LogP contribution is 2.23. The van der Waals surface area contributed by atoms with Crippen LogP contribution in [0, 0.1) is 5.92 Å². The molecule has 156 valence electrons. The lowest BCUT2D eigenvalue weighted by Gasteiger charge is -2.12. The number of nitrogens with one attached hydrogen (secondary N) is 1. The lowest BCUT2D eigenvalue weighted by molar-refractivity contribution is 0.0527. The summed E-state index contributed by atoms with van der Waals surface area (Å²) in [7, 11) is 0. The summed E-state index contributed by atoms with van der Waals surface area (Å²) in [5.74, 6) is 0.295. The highest BCUT2D eigenvalue weighted by molar-refractivity contribution is 6.07. The maximum Gasteiger partial charge on any atom is 0.343 e. The van der Waals surface area contributed by atoms with Crippen LogP contribution in [0.15, 0.2) is 60.8 Å². The molecule has 1 heterocycles. The van der Waals surface area contributed by atoms with E-state index < -0.39 is 5.97 Å². The van der Waals surface area contributed by atoms with E-state index in [1.54, 1.807) is 31.2 Å². The molecule has 0 bridgehead atoms. The van der Waals surface area contributed by atoms with E-state index in [2.05, 4.69) is 24.3 Å². The predicted molar refractivity (Wildman–Crippen MR) is 114 cm³/mol. The van der Waals surface area contributed by atoms with Crippen LogP contribution in [-0.2, 0) is 4.74 Å². The third kappa shape index (κ3) is 5.05. The molecule has 0 aliphatic carbocycles. The van der Waals surface area contributed by atoms with Gasteiger partial charge in [0.05, 0.1) is 25.1 Å². The van der Waals surface area contributed by atoms with E-state index in [1.165, 1.54) is 10.9 Å². The van der Waals surface area contributed by atoms with Crippen molar-refractivity contribution in [3.8, 4) is 11.4 Å². The summed E-state index contributed by atoms with van der Waals surface area (Å²) in [4.78, 5) is 25.3. The van der Waals surface area contributed by atoms with Crippen molar-refractivity contribution in [3.05, 3.63) is 71.9 Å². The van der Waals surface area contributed by atoms with Crippen molar-refractivity contribution in [1.82, 2.24) is 9.78 Å². The molecule has 30 heavy (non-hydrogen) atoms. The van der Waals surface area contributed by atoms with Crippen LogP contribution in [0.25, 0.3) is 5.69 Å². The number of para-hydroxylation sites is 1. The number of benzene rings is 2. The van der Waals surface area contributed by atoms with Crippen LogP contribution in [0.3, 0.4) is 0 Å². The van der Waals surface area contributed by atoms with Crippen LogP contribution in [0.4, 0.5) is 5.82 Å². The summed E-state index contributed by atoms with van der Waals surface area (Å²) in [6, 6.07) is 16.2. The molecule has 0 fully saturated rings. The van der Waals surface area contributed by atoms with Crippen molar-refractivity contribution < 1.29 is 19.1 Å². The molecule has 0 saturated carbocycles. The minimum absolute atomic E-state index is 0.182. The number of ether oxygens (including phenoxy) is 2. The monoisotopic (exact) mass is 407 g/mol. The molecule has 0 spiro atoms. The Balaban J connectivity index is 1.91. The van der Waals surface area contributed by atoms with Crippen LogP contribution in [0.1, 0.15) is 41.5 Å². The maximum atomic E-state index is 13.0. The van der Waals surface area contributed by atoms with Gasteiger partial charge < -0.3 is 14.8 Å². The second kappa shape index (κ2) is 9.73. The first kappa shape index (κ1) is 21.1. The van der Waals surface area contributed by atoms with Gasteiger partial charge in [0.25, 0.3) is 5.91 Å². The molecule has 7 nitrogen and oxygen atoms in total. The van der Waals surface area contributed by atoms with Gasteiger partial charge in [-0.25, -0.2) is 9.48 Å². The van der Waals surface area contributed by atoms with Crippen molar-refractivity contribution in [2.24, 2.45) is 5.92 Å². The summed E-state index contributed by atoms with van der Waals surface area (Å²) in [5, 5.41) is 7.09. The fraction of sp³-hybridized carbons (Fsp3) is 0.261. The zero-order valence-corrected chi connectivity index (χ0v) is 17.3. The Hall–Kier alpha value is -3.61. The van der Waals surface area contributed by atoms with Crippen LogP contribution in [0.5, 0.6) is 5.75 Å². The van der Waals surface area contributed by atoms with E-state index in [9.17, 15) is 9.59 Å². The second-order valence-corrected chi connectivity index (χ2v) is 7.06. The average Bonchev–Trinajstić information content (AvgIpc) is 3.17. The molecule has 1 aromatic heterocycles. The molecule has 3 aromatic rings. The molecule has 0 aliphatic heterocycles. The summed E-state index contributed by atoms with van der Waals surface area (Å²) in [6.07, 6.45) is 1.39. The molecule has 0 atom stereocenters. The summed E-state index contributed by atoms with van der Waals surface area (Å²) in [5.41, 5.74) is 1.30. The number of hydrogen-bond acceptors (Lipinski definition) is 5. The fourth-order valence-electron chi connectivity index (χ4n) is 2.76. The van der Waals surface area contributed by atoms with E-state index in [1.807, 2.05) is 30.3 Å². The molecule has 0 aliphatic rings. The van der Waals surface area contributed by atoms with E-state index in [4.69, 9.17) is 9.47 Å². The zero-order valence-electron chi connectivity index (χ0n) is 17.3. The van der Waals surface area contributed by atoms with Crippen molar-refractivity contribution >= 4 is 17.7 Å². The molecule has 0 radical (unpaired) electrons. The lowest BCUT2D eigenvalue weighted by atomic mass is 10.2. The molecule has 7 heteroatoms. The predicted octanol–water partition coefficient (Wildman–Crippen LogP) is 4.34. The van der Waals surface area contributed by atoms with Crippen LogP contribution >= 0.6 is 0 Å². The normalized spacial score (nSPS) is 10.7. The van der Waals surface area contributed by atoms with Crippen molar-refractivity contribution in [2.45, 2.75) is 20.8 Å². The molecule has 3 rings (SSSR count). The number of carbonyl (C=O) groups excluding carboxylic acids is 2. The minimum atomic E-state index is -0.552. The van der Waals surface area contributed by atoms with Gasteiger partial charge in [-0.3, -0.25) is 4.79 Å². The number of aromatic nitrogens is 2. The maximum absolute atomic E-state index is 13.0. The van der Waals surface area contributed by atoms with Gasteiger partial charge in [0.15, 0.2) is 5.82 Å². The smallest absolute Gasteiger partial charge is 0.343 e. The Morgan fingerprint density at radius 1 is 1.10 bits per heavy atom. The Bertz CT molecular complexity index is 1010. The number of anilines is 1. The largest absolute Gasteiger partial charge is 0.493 e. The van der Waals surface area contributed by atoms with Gasteiger partial charge in [0, 0.05) is 5.56 Å². The third-order valence-corrected chi connectivity index (χ3v) is 4.18. The third-order valence-electron chi connectivity index (χ3n) is 4.18. The number of nitrogens with zero attached hydrogens (tertiary/aromatic N) is 2. The molecule has 0 saturated heterocycles. The van der Waals surface area contributed by atoms with E-state index in [0.717, 1.165) is 0 Å². The number of carbonyl (C=O) groups is 2. The number of rotatable bonds is 8. The van der Waals surface area contributed by atoms with Crippen LogP contribution < -0.4 is 10.1 Å².